The summed E-state index contributed by atoms with van der Waals surface area (Å²) in [6.07, 6.45) is -1.61. The number of aliphatic hydroxyl groups is 4. The van der Waals surface area contributed by atoms with Crippen LogP contribution in [0.2, 0.25) is 0 Å². The van der Waals surface area contributed by atoms with E-state index in [1.807, 2.05) is 0 Å². The molecule has 5 heteroatoms. The molecule has 84 valence electrons. The van der Waals surface area contributed by atoms with Crippen LogP contribution in [0, 0.1) is 23.7 Å². The molecule has 0 saturated heterocycles. The van der Waals surface area contributed by atoms with Crippen molar-refractivity contribution in [2.75, 3.05) is 26.4 Å². The molecule has 4 N–H and O–H groups in total. The molecule has 0 radical (unpaired) electrons. The van der Waals surface area contributed by atoms with Crippen molar-refractivity contribution in [3.8, 4) is 23.7 Å². The smallest absolute Gasteiger partial charge is 0.143 e. The third-order valence-electron chi connectivity index (χ3n) is 1.34. The molecule has 0 aliphatic carbocycles. The standard InChI is InChI=1S/C10H14O5/c11-5-1-3-9(7-13)15-10(8-14)4-2-6-12/h9-14H,5-8H2. The van der Waals surface area contributed by atoms with Crippen molar-refractivity contribution in [1.82, 2.24) is 0 Å². The molecule has 0 aromatic carbocycles. The third-order valence-corrected chi connectivity index (χ3v) is 1.34. The van der Waals surface area contributed by atoms with E-state index in [4.69, 9.17) is 25.2 Å². The van der Waals surface area contributed by atoms with E-state index in [-0.39, 0.29) is 26.4 Å². The van der Waals surface area contributed by atoms with Gasteiger partial charge in [-0.2, -0.15) is 0 Å². The molecule has 0 aliphatic heterocycles. The highest BCUT2D eigenvalue weighted by molar-refractivity contribution is 5.09. The lowest BCUT2D eigenvalue weighted by atomic mass is 10.3. The molecular formula is C10H14O5. The van der Waals surface area contributed by atoms with Crippen LogP contribution in [0.1, 0.15) is 0 Å². The van der Waals surface area contributed by atoms with E-state index in [1.165, 1.54) is 0 Å². The molecule has 0 spiro atoms. The van der Waals surface area contributed by atoms with Crippen LogP contribution < -0.4 is 0 Å². The largest absolute Gasteiger partial charge is 0.393 e. The first-order chi connectivity index (χ1) is 7.28. The molecule has 0 amide bonds. The van der Waals surface area contributed by atoms with Crippen LogP contribution in [0.4, 0.5) is 0 Å². The van der Waals surface area contributed by atoms with Crippen LogP contribution in [-0.2, 0) is 4.74 Å². The number of hydrogen-bond donors (Lipinski definition) is 4. The predicted molar refractivity (Wildman–Crippen MR) is 52.6 cm³/mol. The van der Waals surface area contributed by atoms with Gasteiger partial charge in [0.05, 0.1) is 13.2 Å². The maximum atomic E-state index is 8.83. The Morgan fingerprint density at radius 3 is 1.47 bits per heavy atom. The van der Waals surface area contributed by atoms with Gasteiger partial charge in [-0.05, 0) is 0 Å². The van der Waals surface area contributed by atoms with Gasteiger partial charge in [-0.1, -0.05) is 23.7 Å². The SMILES string of the molecule is OCC#CC(CO)OC(C#CCO)CO. The lowest BCUT2D eigenvalue weighted by molar-refractivity contribution is -0.00620. The first kappa shape index (κ1) is 13.9. The van der Waals surface area contributed by atoms with Crippen LogP contribution in [0.3, 0.4) is 0 Å². The summed E-state index contributed by atoms with van der Waals surface area (Å²) in [6, 6.07) is 0. The minimum atomic E-state index is -0.803. The highest BCUT2D eigenvalue weighted by atomic mass is 16.5. The van der Waals surface area contributed by atoms with Crippen molar-refractivity contribution in [1.29, 1.82) is 0 Å². The van der Waals surface area contributed by atoms with Crippen LogP contribution in [-0.4, -0.2) is 59.1 Å². The van der Waals surface area contributed by atoms with Gasteiger partial charge in [0.25, 0.3) is 0 Å². The number of aliphatic hydroxyl groups excluding tert-OH is 4. The number of hydrogen-bond acceptors (Lipinski definition) is 5. The van der Waals surface area contributed by atoms with E-state index < -0.39 is 12.2 Å². The Hall–Kier alpha value is -1.08. The van der Waals surface area contributed by atoms with Crippen molar-refractivity contribution >= 4 is 0 Å². The maximum absolute atomic E-state index is 8.83. The van der Waals surface area contributed by atoms with Gasteiger partial charge in [0.15, 0.2) is 0 Å². The minimum Gasteiger partial charge on any atom is -0.393 e. The fraction of sp³-hybridized carbons (Fsp3) is 0.600. The zero-order chi connectivity index (χ0) is 11.5. The molecule has 0 fully saturated rings. The molecule has 0 bridgehead atoms. The van der Waals surface area contributed by atoms with Crippen LogP contribution >= 0.6 is 0 Å². The second kappa shape index (κ2) is 9.47. The van der Waals surface area contributed by atoms with Gasteiger partial charge in [-0.15, -0.1) is 0 Å². The maximum Gasteiger partial charge on any atom is 0.143 e. The molecule has 15 heavy (non-hydrogen) atoms. The van der Waals surface area contributed by atoms with Gasteiger partial charge in [0.1, 0.15) is 25.4 Å². The molecule has 0 aromatic heterocycles. The van der Waals surface area contributed by atoms with E-state index in [0.717, 1.165) is 0 Å². The lowest BCUT2D eigenvalue weighted by Gasteiger charge is -2.13. The summed E-state index contributed by atoms with van der Waals surface area (Å²) in [5.74, 6) is 9.55. The fourth-order valence-electron chi connectivity index (χ4n) is 0.763. The Morgan fingerprint density at radius 1 is 0.800 bits per heavy atom. The predicted octanol–water partition coefficient (Wildman–Crippen LogP) is -2.28. The van der Waals surface area contributed by atoms with Crippen molar-refractivity contribution in [3.63, 3.8) is 0 Å². The first-order valence-corrected chi connectivity index (χ1v) is 4.34. The Bertz CT molecular complexity index is 239. The molecular weight excluding hydrogens is 200 g/mol. The van der Waals surface area contributed by atoms with Gasteiger partial charge in [0.2, 0.25) is 0 Å². The van der Waals surface area contributed by atoms with E-state index in [9.17, 15) is 0 Å². The van der Waals surface area contributed by atoms with Crippen molar-refractivity contribution in [2.45, 2.75) is 12.2 Å². The van der Waals surface area contributed by atoms with Gasteiger partial charge in [-0.25, -0.2) is 0 Å². The summed E-state index contributed by atoms with van der Waals surface area (Å²) in [5, 5.41) is 34.5. The van der Waals surface area contributed by atoms with Crippen molar-refractivity contribution in [3.05, 3.63) is 0 Å². The summed E-state index contributed by atoms with van der Waals surface area (Å²) in [7, 11) is 0. The summed E-state index contributed by atoms with van der Waals surface area (Å²) in [5.41, 5.74) is 0. The summed E-state index contributed by atoms with van der Waals surface area (Å²) < 4.78 is 5.08. The fourth-order valence-corrected chi connectivity index (χ4v) is 0.763. The zero-order valence-corrected chi connectivity index (χ0v) is 8.18. The molecule has 5 nitrogen and oxygen atoms in total. The van der Waals surface area contributed by atoms with Gasteiger partial charge in [0, 0.05) is 0 Å². The monoisotopic (exact) mass is 214 g/mol. The van der Waals surface area contributed by atoms with Crippen LogP contribution in [0.15, 0.2) is 0 Å². The molecule has 0 saturated carbocycles. The summed E-state index contributed by atoms with van der Waals surface area (Å²) in [4.78, 5) is 0. The summed E-state index contributed by atoms with van der Waals surface area (Å²) in [6.45, 7) is -1.37. The Morgan fingerprint density at radius 2 is 1.20 bits per heavy atom. The quantitative estimate of drug-likeness (QED) is 0.396. The highest BCUT2D eigenvalue weighted by Gasteiger charge is 2.10. The summed E-state index contributed by atoms with van der Waals surface area (Å²) >= 11 is 0. The Balaban J connectivity index is 4.23. The van der Waals surface area contributed by atoms with E-state index in [1.54, 1.807) is 0 Å². The van der Waals surface area contributed by atoms with Crippen molar-refractivity contribution < 1.29 is 25.2 Å². The average molecular weight is 214 g/mol. The topological polar surface area (TPSA) is 90.2 Å². The molecule has 0 heterocycles. The second-order valence-corrected chi connectivity index (χ2v) is 2.44. The molecule has 0 rings (SSSR count). The number of ether oxygens (including phenoxy) is 1. The molecule has 2 atom stereocenters. The van der Waals surface area contributed by atoms with Crippen molar-refractivity contribution in [2.24, 2.45) is 0 Å². The second-order valence-electron chi connectivity index (χ2n) is 2.44. The molecule has 0 aromatic rings. The highest BCUT2D eigenvalue weighted by Crippen LogP contribution is 1.96. The molecule has 0 aliphatic rings. The van der Waals surface area contributed by atoms with E-state index in [0.29, 0.717) is 0 Å². The zero-order valence-electron chi connectivity index (χ0n) is 8.18. The van der Waals surface area contributed by atoms with Crippen LogP contribution in [0.25, 0.3) is 0 Å². The van der Waals surface area contributed by atoms with Gasteiger partial charge < -0.3 is 25.2 Å². The van der Waals surface area contributed by atoms with E-state index in [2.05, 4.69) is 23.7 Å². The minimum absolute atomic E-state index is 0.327. The Labute approximate surface area is 88.3 Å². The Kier molecular flexibility index (Phi) is 8.79. The lowest BCUT2D eigenvalue weighted by Crippen LogP contribution is -2.25. The third kappa shape index (κ3) is 6.92. The molecule has 2 unspecified atom stereocenters. The number of rotatable bonds is 4. The van der Waals surface area contributed by atoms with E-state index >= 15 is 0 Å². The van der Waals surface area contributed by atoms with Gasteiger partial charge in [-0.3, -0.25) is 0 Å². The van der Waals surface area contributed by atoms with Gasteiger partial charge >= 0.3 is 0 Å². The van der Waals surface area contributed by atoms with Crippen LogP contribution in [0.5, 0.6) is 0 Å². The normalized spacial score (nSPS) is 13.1. The first-order valence-electron chi connectivity index (χ1n) is 4.34. The average Bonchev–Trinajstić information content (AvgIpc) is 2.28.